The van der Waals surface area contributed by atoms with E-state index >= 15 is 0 Å². The van der Waals surface area contributed by atoms with Crippen LogP contribution in [0.15, 0.2) is 24.3 Å². The van der Waals surface area contributed by atoms with Crippen LogP contribution in [-0.4, -0.2) is 37.1 Å². The summed E-state index contributed by atoms with van der Waals surface area (Å²) in [6, 6.07) is 0. The van der Waals surface area contributed by atoms with Crippen LogP contribution in [0.3, 0.4) is 0 Å². The fourth-order valence-corrected chi connectivity index (χ4v) is 1.14. The SMILES string of the molecule is CC=CC=CC(=O)N1CCOCC1. The van der Waals surface area contributed by atoms with Gasteiger partial charge in [0.05, 0.1) is 13.2 Å². The Labute approximate surface area is 78.7 Å². The van der Waals surface area contributed by atoms with Gasteiger partial charge in [-0.05, 0) is 6.92 Å². The standard InChI is InChI=1S/C10H15NO2/c1-2-3-4-5-10(12)11-6-8-13-9-7-11/h2-5H,6-9H2,1H3. The van der Waals surface area contributed by atoms with E-state index < -0.39 is 0 Å². The first-order chi connectivity index (χ1) is 6.34. The van der Waals surface area contributed by atoms with Crippen molar-refractivity contribution in [3.8, 4) is 0 Å². The molecule has 1 heterocycles. The van der Waals surface area contributed by atoms with Crippen molar-refractivity contribution in [2.45, 2.75) is 6.92 Å². The molecule has 0 aromatic rings. The number of carbonyl (C=O) groups excluding carboxylic acids is 1. The van der Waals surface area contributed by atoms with Gasteiger partial charge in [-0.2, -0.15) is 0 Å². The lowest BCUT2D eigenvalue weighted by Crippen LogP contribution is -2.39. The average molecular weight is 181 g/mol. The fraction of sp³-hybridized carbons (Fsp3) is 0.500. The number of rotatable bonds is 2. The minimum Gasteiger partial charge on any atom is -0.378 e. The Bertz CT molecular complexity index is 215. The molecule has 0 saturated carbocycles. The van der Waals surface area contributed by atoms with Crippen molar-refractivity contribution in [1.29, 1.82) is 0 Å². The summed E-state index contributed by atoms with van der Waals surface area (Å²) >= 11 is 0. The molecule has 0 spiro atoms. The molecular weight excluding hydrogens is 166 g/mol. The summed E-state index contributed by atoms with van der Waals surface area (Å²) in [5, 5.41) is 0. The predicted octanol–water partition coefficient (Wildman–Crippen LogP) is 0.978. The van der Waals surface area contributed by atoms with Crippen LogP contribution in [0.2, 0.25) is 0 Å². The number of hydrogen-bond donors (Lipinski definition) is 0. The number of nitrogens with zero attached hydrogens (tertiary/aromatic N) is 1. The van der Waals surface area contributed by atoms with Crippen molar-refractivity contribution < 1.29 is 9.53 Å². The zero-order valence-corrected chi connectivity index (χ0v) is 7.90. The first-order valence-electron chi connectivity index (χ1n) is 4.50. The first kappa shape index (κ1) is 9.99. The van der Waals surface area contributed by atoms with Crippen LogP contribution in [0.4, 0.5) is 0 Å². The van der Waals surface area contributed by atoms with Crippen LogP contribution in [0, 0.1) is 0 Å². The summed E-state index contributed by atoms with van der Waals surface area (Å²) in [5.74, 6) is 0.0707. The summed E-state index contributed by atoms with van der Waals surface area (Å²) in [4.78, 5) is 13.2. The van der Waals surface area contributed by atoms with Crippen molar-refractivity contribution in [3.63, 3.8) is 0 Å². The molecule has 1 aliphatic heterocycles. The molecule has 0 atom stereocenters. The van der Waals surface area contributed by atoms with Crippen molar-refractivity contribution in [2.24, 2.45) is 0 Å². The molecule has 1 fully saturated rings. The second kappa shape index (κ2) is 5.54. The van der Waals surface area contributed by atoms with E-state index in [1.165, 1.54) is 0 Å². The third-order valence-electron chi connectivity index (χ3n) is 1.87. The summed E-state index contributed by atoms with van der Waals surface area (Å²) in [6.45, 7) is 4.65. The summed E-state index contributed by atoms with van der Waals surface area (Å²) in [7, 11) is 0. The van der Waals surface area contributed by atoms with Crippen molar-refractivity contribution >= 4 is 5.91 Å². The Balaban J connectivity index is 2.37. The van der Waals surface area contributed by atoms with Gasteiger partial charge in [-0.3, -0.25) is 4.79 Å². The van der Waals surface area contributed by atoms with Crippen LogP contribution < -0.4 is 0 Å². The van der Waals surface area contributed by atoms with Gasteiger partial charge in [0.25, 0.3) is 0 Å². The molecule has 1 rings (SSSR count). The minimum absolute atomic E-state index is 0.0707. The summed E-state index contributed by atoms with van der Waals surface area (Å²) in [6.07, 6.45) is 7.09. The molecule has 0 aliphatic carbocycles. The highest BCUT2D eigenvalue weighted by Gasteiger charge is 2.13. The minimum atomic E-state index is 0.0707. The normalized spacial score (nSPS) is 18.7. The van der Waals surface area contributed by atoms with Gasteiger partial charge >= 0.3 is 0 Å². The van der Waals surface area contributed by atoms with E-state index in [2.05, 4.69) is 0 Å². The highest BCUT2D eigenvalue weighted by atomic mass is 16.5. The van der Waals surface area contributed by atoms with Gasteiger partial charge in [0.2, 0.25) is 5.91 Å². The van der Waals surface area contributed by atoms with Gasteiger partial charge in [0.1, 0.15) is 0 Å². The summed E-state index contributed by atoms with van der Waals surface area (Å²) in [5.41, 5.74) is 0. The molecule has 0 bridgehead atoms. The lowest BCUT2D eigenvalue weighted by Gasteiger charge is -2.25. The molecular formula is C10H15NO2. The topological polar surface area (TPSA) is 29.5 Å². The highest BCUT2D eigenvalue weighted by Crippen LogP contribution is 1.98. The quantitative estimate of drug-likeness (QED) is 0.469. The van der Waals surface area contributed by atoms with Crippen molar-refractivity contribution in [3.05, 3.63) is 24.3 Å². The smallest absolute Gasteiger partial charge is 0.246 e. The van der Waals surface area contributed by atoms with Gasteiger partial charge in [-0.1, -0.05) is 18.2 Å². The number of ether oxygens (including phenoxy) is 1. The third kappa shape index (κ3) is 3.42. The lowest BCUT2D eigenvalue weighted by molar-refractivity contribution is -0.129. The van der Waals surface area contributed by atoms with E-state index in [4.69, 9.17) is 4.74 Å². The maximum Gasteiger partial charge on any atom is 0.246 e. The number of allylic oxidation sites excluding steroid dienone is 3. The van der Waals surface area contributed by atoms with Crippen LogP contribution in [0.5, 0.6) is 0 Å². The van der Waals surface area contributed by atoms with Crippen LogP contribution in [-0.2, 0) is 9.53 Å². The Morgan fingerprint density at radius 2 is 2.00 bits per heavy atom. The Hall–Kier alpha value is -1.09. The molecule has 1 amide bonds. The predicted molar refractivity (Wildman–Crippen MR) is 51.4 cm³/mol. The fourth-order valence-electron chi connectivity index (χ4n) is 1.14. The number of carbonyl (C=O) groups is 1. The van der Waals surface area contributed by atoms with Gasteiger partial charge < -0.3 is 9.64 Å². The Morgan fingerprint density at radius 1 is 1.31 bits per heavy atom. The van der Waals surface area contributed by atoms with Gasteiger partial charge in [0.15, 0.2) is 0 Å². The van der Waals surface area contributed by atoms with Crippen LogP contribution in [0.25, 0.3) is 0 Å². The van der Waals surface area contributed by atoms with E-state index in [-0.39, 0.29) is 5.91 Å². The Morgan fingerprint density at radius 3 is 2.62 bits per heavy atom. The van der Waals surface area contributed by atoms with E-state index in [9.17, 15) is 4.79 Å². The molecule has 0 unspecified atom stereocenters. The van der Waals surface area contributed by atoms with Crippen molar-refractivity contribution in [1.82, 2.24) is 4.90 Å². The first-order valence-corrected chi connectivity index (χ1v) is 4.50. The van der Waals surface area contributed by atoms with E-state index in [0.29, 0.717) is 26.3 Å². The van der Waals surface area contributed by atoms with Gasteiger partial charge in [0, 0.05) is 19.2 Å². The lowest BCUT2D eigenvalue weighted by atomic mass is 10.3. The molecule has 72 valence electrons. The molecule has 0 radical (unpaired) electrons. The Kier molecular flexibility index (Phi) is 4.26. The zero-order chi connectivity index (χ0) is 9.52. The van der Waals surface area contributed by atoms with Gasteiger partial charge in [-0.25, -0.2) is 0 Å². The third-order valence-corrected chi connectivity index (χ3v) is 1.87. The molecule has 0 aromatic heterocycles. The number of hydrogen-bond acceptors (Lipinski definition) is 2. The van der Waals surface area contributed by atoms with Gasteiger partial charge in [-0.15, -0.1) is 0 Å². The maximum absolute atomic E-state index is 11.4. The molecule has 0 N–H and O–H groups in total. The average Bonchev–Trinajstić information content (AvgIpc) is 2.19. The number of morpholine rings is 1. The largest absolute Gasteiger partial charge is 0.378 e. The molecule has 1 saturated heterocycles. The number of amides is 1. The van der Waals surface area contributed by atoms with E-state index in [1.54, 1.807) is 17.1 Å². The van der Waals surface area contributed by atoms with E-state index in [1.807, 2.05) is 19.1 Å². The summed E-state index contributed by atoms with van der Waals surface area (Å²) < 4.78 is 5.14. The molecule has 0 aromatic carbocycles. The van der Waals surface area contributed by atoms with Crippen LogP contribution >= 0.6 is 0 Å². The second-order valence-electron chi connectivity index (χ2n) is 2.82. The molecule has 1 aliphatic rings. The zero-order valence-electron chi connectivity index (χ0n) is 7.90. The highest BCUT2D eigenvalue weighted by molar-refractivity contribution is 5.87. The van der Waals surface area contributed by atoms with Crippen molar-refractivity contribution in [2.75, 3.05) is 26.3 Å². The molecule has 3 heteroatoms. The maximum atomic E-state index is 11.4. The van der Waals surface area contributed by atoms with Crippen LogP contribution in [0.1, 0.15) is 6.92 Å². The second-order valence-corrected chi connectivity index (χ2v) is 2.82. The molecule has 3 nitrogen and oxygen atoms in total. The van der Waals surface area contributed by atoms with E-state index in [0.717, 1.165) is 0 Å². The molecule has 13 heavy (non-hydrogen) atoms. The monoisotopic (exact) mass is 181 g/mol.